The number of benzene rings is 2. The van der Waals surface area contributed by atoms with Gasteiger partial charge in [0, 0.05) is 19.7 Å². The zero-order chi connectivity index (χ0) is 20.0. The van der Waals surface area contributed by atoms with Crippen molar-refractivity contribution in [3.8, 4) is 11.5 Å². The highest BCUT2D eigenvalue weighted by molar-refractivity contribution is 14.0. The lowest BCUT2D eigenvalue weighted by atomic mass is 10.2. The van der Waals surface area contributed by atoms with Crippen molar-refractivity contribution in [3.05, 3.63) is 60.2 Å². The number of aliphatic imine (C=N–C) groups is 1. The Balaban J connectivity index is 0.00000420. The third kappa shape index (κ3) is 10.9. The maximum Gasteiger partial charge on any atom is 0.188 e. The van der Waals surface area contributed by atoms with Crippen LogP contribution < -0.4 is 20.5 Å². The molecule has 0 saturated carbocycles. The molecule has 29 heavy (non-hydrogen) atoms. The first kappa shape index (κ1) is 25.0. The highest BCUT2D eigenvalue weighted by Crippen LogP contribution is 2.19. The van der Waals surface area contributed by atoms with Crippen molar-refractivity contribution >= 4 is 29.9 Å². The minimum absolute atomic E-state index is 0. The minimum atomic E-state index is 0. The molecule has 0 saturated heterocycles. The Hall–Kier alpha value is -2.00. The van der Waals surface area contributed by atoms with Gasteiger partial charge in [-0.25, -0.2) is 0 Å². The molecule has 2 aromatic rings. The van der Waals surface area contributed by atoms with Crippen LogP contribution in [0.3, 0.4) is 0 Å². The zero-order valence-corrected chi connectivity index (χ0v) is 19.5. The number of rotatable bonds is 12. The maximum atomic E-state index is 5.83. The number of nitrogens with zero attached hydrogens (tertiary/aromatic N) is 1. The Bertz CT molecular complexity index is 696. The van der Waals surface area contributed by atoms with Crippen LogP contribution in [0.5, 0.6) is 11.5 Å². The van der Waals surface area contributed by atoms with Crippen LogP contribution in [0, 0.1) is 0 Å². The number of hydrogen-bond acceptors (Lipinski definition) is 4. The van der Waals surface area contributed by atoms with E-state index in [0.29, 0.717) is 32.3 Å². The second kappa shape index (κ2) is 14.9. The molecule has 0 spiro atoms. The molecular formula is C22H32IN3O3. The fraction of sp³-hybridized carbons (Fsp3) is 0.409. The topological polar surface area (TPSA) is 78.1 Å². The van der Waals surface area contributed by atoms with Crippen LogP contribution >= 0.6 is 24.0 Å². The van der Waals surface area contributed by atoms with E-state index in [2.05, 4.69) is 10.3 Å². The van der Waals surface area contributed by atoms with Crippen LogP contribution in [0.1, 0.15) is 25.3 Å². The van der Waals surface area contributed by atoms with Crippen molar-refractivity contribution in [1.29, 1.82) is 0 Å². The van der Waals surface area contributed by atoms with E-state index >= 15 is 0 Å². The van der Waals surface area contributed by atoms with E-state index in [1.165, 1.54) is 0 Å². The molecule has 0 aliphatic carbocycles. The molecule has 1 atom stereocenters. The number of nitrogens with one attached hydrogen (secondary N) is 1. The Morgan fingerprint density at radius 3 is 2.31 bits per heavy atom. The molecule has 0 radical (unpaired) electrons. The van der Waals surface area contributed by atoms with Crippen LogP contribution in [0.25, 0.3) is 0 Å². The summed E-state index contributed by atoms with van der Waals surface area (Å²) in [6.45, 7) is 4.48. The van der Waals surface area contributed by atoms with E-state index in [-0.39, 0.29) is 30.0 Å². The molecule has 0 aromatic heterocycles. The summed E-state index contributed by atoms with van der Waals surface area (Å²) in [5.41, 5.74) is 6.97. The average molecular weight is 513 g/mol. The summed E-state index contributed by atoms with van der Waals surface area (Å²) >= 11 is 0. The molecule has 0 amide bonds. The van der Waals surface area contributed by atoms with Crippen LogP contribution in [-0.2, 0) is 11.3 Å². The lowest BCUT2D eigenvalue weighted by Crippen LogP contribution is -2.40. The predicted octanol–water partition coefficient (Wildman–Crippen LogP) is 3.98. The molecule has 0 aliphatic heterocycles. The first-order valence-corrected chi connectivity index (χ1v) is 9.62. The number of guanidine groups is 1. The van der Waals surface area contributed by atoms with Gasteiger partial charge in [-0.1, -0.05) is 30.3 Å². The lowest BCUT2D eigenvalue weighted by Gasteiger charge is -2.13. The van der Waals surface area contributed by atoms with E-state index < -0.39 is 0 Å². The number of hydrogen-bond donors (Lipinski definition) is 2. The fourth-order valence-corrected chi connectivity index (χ4v) is 2.57. The molecule has 0 bridgehead atoms. The number of halogens is 1. The molecule has 3 N–H and O–H groups in total. The van der Waals surface area contributed by atoms with Crippen molar-refractivity contribution in [2.45, 2.75) is 32.4 Å². The minimum Gasteiger partial charge on any atom is -0.494 e. The van der Waals surface area contributed by atoms with Crippen molar-refractivity contribution in [2.24, 2.45) is 10.7 Å². The molecule has 0 aliphatic rings. The molecular weight excluding hydrogens is 481 g/mol. The van der Waals surface area contributed by atoms with E-state index in [4.69, 9.17) is 19.9 Å². The SMILES string of the molecule is COCC(C)NC(N)=NCCCCOc1ccc(OCc2ccccc2)cc1.I. The first-order valence-electron chi connectivity index (χ1n) is 9.62. The summed E-state index contributed by atoms with van der Waals surface area (Å²) < 4.78 is 16.6. The van der Waals surface area contributed by atoms with E-state index in [0.717, 1.165) is 29.9 Å². The van der Waals surface area contributed by atoms with Crippen molar-refractivity contribution in [2.75, 3.05) is 26.9 Å². The standard InChI is InChI=1S/C22H31N3O3.HI/c1-18(16-26-2)25-22(23)24-14-6-7-15-27-20-10-12-21(13-11-20)28-17-19-8-4-3-5-9-19;/h3-5,8-13,18H,6-7,14-17H2,1-2H3,(H3,23,24,25);1H. The van der Waals surface area contributed by atoms with Crippen LogP contribution in [0.2, 0.25) is 0 Å². The second-order valence-corrected chi connectivity index (χ2v) is 6.57. The van der Waals surface area contributed by atoms with Gasteiger partial charge in [-0.3, -0.25) is 4.99 Å². The lowest BCUT2D eigenvalue weighted by molar-refractivity contribution is 0.179. The molecule has 2 rings (SSSR count). The van der Waals surface area contributed by atoms with Crippen LogP contribution in [-0.4, -0.2) is 38.9 Å². The summed E-state index contributed by atoms with van der Waals surface area (Å²) in [5, 5.41) is 3.08. The van der Waals surface area contributed by atoms with Gasteiger partial charge in [0.05, 0.1) is 13.2 Å². The van der Waals surface area contributed by atoms with Crippen LogP contribution in [0.15, 0.2) is 59.6 Å². The van der Waals surface area contributed by atoms with E-state index in [1.807, 2.05) is 61.5 Å². The largest absolute Gasteiger partial charge is 0.494 e. The van der Waals surface area contributed by atoms with Gasteiger partial charge in [0.25, 0.3) is 0 Å². The third-order valence-electron chi connectivity index (χ3n) is 3.99. The quantitative estimate of drug-likeness (QED) is 0.194. The van der Waals surface area contributed by atoms with Gasteiger partial charge in [0.1, 0.15) is 18.1 Å². The Kier molecular flexibility index (Phi) is 12.9. The van der Waals surface area contributed by atoms with Crippen molar-refractivity contribution < 1.29 is 14.2 Å². The molecule has 6 nitrogen and oxygen atoms in total. The summed E-state index contributed by atoms with van der Waals surface area (Å²) in [4.78, 5) is 4.30. The van der Waals surface area contributed by atoms with Gasteiger partial charge in [0.2, 0.25) is 0 Å². The molecule has 2 aromatic carbocycles. The number of unbranched alkanes of at least 4 members (excludes halogenated alkanes) is 1. The number of methoxy groups -OCH3 is 1. The molecule has 0 fully saturated rings. The maximum absolute atomic E-state index is 5.83. The van der Waals surface area contributed by atoms with Gasteiger partial charge >= 0.3 is 0 Å². The highest BCUT2D eigenvalue weighted by atomic mass is 127. The predicted molar refractivity (Wildman–Crippen MR) is 128 cm³/mol. The monoisotopic (exact) mass is 513 g/mol. The smallest absolute Gasteiger partial charge is 0.188 e. The van der Waals surface area contributed by atoms with Gasteiger partial charge in [-0.05, 0) is 49.6 Å². The summed E-state index contributed by atoms with van der Waals surface area (Å²) in [6, 6.07) is 18.0. The summed E-state index contributed by atoms with van der Waals surface area (Å²) in [6.07, 6.45) is 1.83. The van der Waals surface area contributed by atoms with Crippen molar-refractivity contribution in [1.82, 2.24) is 5.32 Å². The zero-order valence-electron chi connectivity index (χ0n) is 17.2. The van der Waals surface area contributed by atoms with Gasteiger partial charge in [-0.2, -0.15) is 0 Å². The molecule has 7 heteroatoms. The normalized spacial score (nSPS) is 12.0. The van der Waals surface area contributed by atoms with Crippen molar-refractivity contribution in [3.63, 3.8) is 0 Å². The number of nitrogens with two attached hydrogens (primary N) is 1. The van der Waals surface area contributed by atoms with E-state index in [9.17, 15) is 0 Å². The number of ether oxygens (including phenoxy) is 3. The Labute approximate surface area is 190 Å². The van der Waals surface area contributed by atoms with Crippen LogP contribution in [0.4, 0.5) is 0 Å². The first-order chi connectivity index (χ1) is 13.7. The van der Waals surface area contributed by atoms with Gasteiger partial charge in [-0.15, -0.1) is 24.0 Å². The third-order valence-corrected chi connectivity index (χ3v) is 3.99. The molecule has 1 unspecified atom stereocenters. The average Bonchev–Trinajstić information content (AvgIpc) is 2.71. The Morgan fingerprint density at radius 2 is 1.66 bits per heavy atom. The highest BCUT2D eigenvalue weighted by Gasteiger charge is 2.01. The van der Waals surface area contributed by atoms with E-state index in [1.54, 1.807) is 7.11 Å². The fourth-order valence-electron chi connectivity index (χ4n) is 2.57. The summed E-state index contributed by atoms with van der Waals surface area (Å²) in [7, 11) is 1.66. The second-order valence-electron chi connectivity index (χ2n) is 6.57. The molecule has 160 valence electrons. The Morgan fingerprint density at radius 1 is 1.00 bits per heavy atom. The van der Waals surface area contributed by atoms with Gasteiger partial charge in [0.15, 0.2) is 5.96 Å². The summed E-state index contributed by atoms with van der Waals surface area (Å²) in [5.74, 6) is 2.12. The molecule has 0 heterocycles. The van der Waals surface area contributed by atoms with Gasteiger partial charge < -0.3 is 25.3 Å².